The number of amides is 2. The van der Waals surface area contributed by atoms with E-state index in [9.17, 15) is 9.59 Å². The molecule has 2 aliphatic heterocycles. The lowest BCUT2D eigenvalue weighted by atomic mass is 9.92. The molecule has 1 aliphatic carbocycles. The minimum atomic E-state index is 0.0878. The van der Waals surface area contributed by atoms with Crippen LogP contribution in [0.4, 0.5) is 0 Å². The maximum absolute atomic E-state index is 12.6. The largest absolute Gasteiger partial charge is 0.492 e. The van der Waals surface area contributed by atoms with Gasteiger partial charge in [0.25, 0.3) is 0 Å². The van der Waals surface area contributed by atoms with E-state index in [1.807, 2.05) is 23.1 Å². The van der Waals surface area contributed by atoms with Crippen LogP contribution in [0.2, 0.25) is 0 Å². The topological polar surface area (TPSA) is 71.1 Å². The third kappa shape index (κ3) is 4.73. The quantitative estimate of drug-likeness (QED) is 0.781. The molecule has 1 saturated carbocycles. The van der Waals surface area contributed by atoms with Gasteiger partial charge < -0.3 is 19.7 Å². The van der Waals surface area contributed by atoms with Gasteiger partial charge in [0.1, 0.15) is 12.4 Å². The third-order valence-corrected chi connectivity index (χ3v) is 6.56. The minimum absolute atomic E-state index is 0.0878. The molecule has 1 saturated heterocycles. The zero-order valence-corrected chi connectivity index (χ0v) is 17.2. The molecule has 7 nitrogen and oxygen atoms in total. The molecule has 3 aliphatic rings. The van der Waals surface area contributed by atoms with Crippen molar-refractivity contribution in [2.45, 2.75) is 38.3 Å². The number of fused-ring (bicyclic) bond motifs is 1. The summed E-state index contributed by atoms with van der Waals surface area (Å²) in [5.41, 5.74) is 1.33. The summed E-state index contributed by atoms with van der Waals surface area (Å²) >= 11 is 0. The van der Waals surface area contributed by atoms with Crippen LogP contribution in [0.25, 0.3) is 0 Å². The number of methoxy groups -OCH3 is 1. The van der Waals surface area contributed by atoms with Gasteiger partial charge in [0.2, 0.25) is 11.8 Å². The maximum atomic E-state index is 12.6. The number of hydrogen-bond acceptors (Lipinski definition) is 5. The van der Waals surface area contributed by atoms with Crippen molar-refractivity contribution in [1.82, 2.24) is 15.1 Å². The van der Waals surface area contributed by atoms with Crippen molar-refractivity contribution < 1.29 is 19.1 Å². The summed E-state index contributed by atoms with van der Waals surface area (Å²) in [5, 5.41) is 3.24. The summed E-state index contributed by atoms with van der Waals surface area (Å²) in [4.78, 5) is 28.9. The number of rotatable bonds is 6. The summed E-state index contributed by atoms with van der Waals surface area (Å²) < 4.78 is 10.8. The van der Waals surface area contributed by atoms with E-state index in [2.05, 4.69) is 16.3 Å². The van der Waals surface area contributed by atoms with Gasteiger partial charge in [-0.2, -0.15) is 0 Å². The van der Waals surface area contributed by atoms with Crippen molar-refractivity contribution >= 4 is 11.8 Å². The van der Waals surface area contributed by atoms with Crippen molar-refractivity contribution in [2.75, 3.05) is 46.5 Å². The predicted octanol–water partition coefficient (Wildman–Crippen LogP) is 1.41. The Bertz CT molecular complexity index is 745. The molecule has 0 aromatic heterocycles. The molecule has 0 radical (unpaired) electrons. The van der Waals surface area contributed by atoms with Crippen LogP contribution in [0.15, 0.2) is 24.3 Å². The standard InChI is InChI=1S/C22H31N3O4/c1-28-12-6-21(27)25-9-7-22(8-10-25)14-19(22)23-20(26)16-24-11-13-29-18-5-3-2-4-17(18)15-24/h2-5,19H,6-16H2,1H3,(H,23,26). The van der Waals surface area contributed by atoms with Crippen LogP contribution in [0, 0.1) is 5.41 Å². The van der Waals surface area contributed by atoms with E-state index in [4.69, 9.17) is 9.47 Å². The SMILES string of the molecule is COCCC(=O)N1CCC2(CC1)CC2NC(=O)CN1CCOc2ccccc2C1. The van der Waals surface area contributed by atoms with Gasteiger partial charge in [-0.05, 0) is 30.7 Å². The van der Waals surface area contributed by atoms with Gasteiger partial charge in [0.05, 0.1) is 19.6 Å². The van der Waals surface area contributed by atoms with E-state index in [0.717, 1.165) is 56.8 Å². The molecule has 158 valence electrons. The van der Waals surface area contributed by atoms with E-state index in [0.29, 0.717) is 26.2 Å². The van der Waals surface area contributed by atoms with E-state index in [-0.39, 0.29) is 23.3 Å². The first-order valence-corrected chi connectivity index (χ1v) is 10.6. The first-order chi connectivity index (χ1) is 14.1. The summed E-state index contributed by atoms with van der Waals surface area (Å²) in [6.07, 6.45) is 3.43. The highest BCUT2D eigenvalue weighted by atomic mass is 16.5. The van der Waals surface area contributed by atoms with Gasteiger partial charge >= 0.3 is 0 Å². The molecule has 2 amide bonds. The Morgan fingerprint density at radius 3 is 2.83 bits per heavy atom. The molecular weight excluding hydrogens is 370 g/mol. The van der Waals surface area contributed by atoms with Gasteiger partial charge in [-0.3, -0.25) is 14.5 Å². The van der Waals surface area contributed by atoms with Crippen molar-refractivity contribution in [1.29, 1.82) is 0 Å². The maximum Gasteiger partial charge on any atom is 0.234 e. The fraction of sp³-hybridized carbons (Fsp3) is 0.636. The van der Waals surface area contributed by atoms with Gasteiger partial charge in [0, 0.05) is 44.9 Å². The molecule has 7 heteroatoms. The zero-order valence-electron chi connectivity index (χ0n) is 17.2. The number of para-hydroxylation sites is 1. The Morgan fingerprint density at radius 2 is 2.03 bits per heavy atom. The summed E-state index contributed by atoms with van der Waals surface area (Å²) in [6, 6.07) is 8.28. The molecule has 1 aromatic carbocycles. The number of benzene rings is 1. The Morgan fingerprint density at radius 1 is 1.24 bits per heavy atom. The van der Waals surface area contributed by atoms with Crippen LogP contribution in [-0.2, 0) is 20.9 Å². The molecule has 2 fully saturated rings. The lowest BCUT2D eigenvalue weighted by Gasteiger charge is -2.33. The van der Waals surface area contributed by atoms with Crippen molar-refractivity contribution in [3.63, 3.8) is 0 Å². The average Bonchev–Trinajstić information content (AvgIpc) is 3.42. The minimum Gasteiger partial charge on any atom is -0.492 e. The summed E-state index contributed by atoms with van der Waals surface area (Å²) in [5.74, 6) is 1.18. The fourth-order valence-electron chi connectivity index (χ4n) is 4.61. The monoisotopic (exact) mass is 401 g/mol. The van der Waals surface area contributed by atoms with Crippen LogP contribution < -0.4 is 10.1 Å². The lowest BCUT2D eigenvalue weighted by molar-refractivity contribution is -0.134. The first-order valence-electron chi connectivity index (χ1n) is 10.6. The number of nitrogens with one attached hydrogen (secondary N) is 1. The Hall–Kier alpha value is -2.12. The molecule has 1 unspecified atom stereocenters. The van der Waals surface area contributed by atoms with Crippen LogP contribution in [0.5, 0.6) is 5.75 Å². The summed E-state index contributed by atoms with van der Waals surface area (Å²) in [7, 11) is 1.62. The highest BCUT2D eigenvalue weighted by Crippen LogP contribution is 2.53. The molecule has 2 heterocycles. The Kier molecular flexibility index (Phi) is 6.06. The van der Waals surface area contributed by atoms with E-state index < -0.39 is 0 Å². The van der Waals surface area contributed by atoms with Crippen molar-refractivity contribution in [2.24, 2.45) is 5.41 Å². The Labute approximate surface area is 172 Å². The zero-order chi connectivity index (χ0) is 20.3. The van der Waals surface area contributed by atoms with Crippen LogP contribution in [-0.4, -0.2) is 74.2 Å². The molecule has 1 atom stereocenters. The molecule has 0 bridgehead atoms. The van der Waals surface area contributed by atoms with Crippen LogP contribution in [0.1, 0.15) is 31.2 Å². The van der Waals surface area contributed by atoms with Crippen LogP contribution >= 0.6 is 0 Å². The van der Waals surface area contributed by atoms with E-state index in [1.165, 1.54) is 0 Å². The third-order valence-electron chi connectivity index (χ3n) is 6.56. The highest BCUT2D eigenvalue weighted by Gasteiger charge is 2.55. The number of piperidine rings is 1. The second-order valence-electron chi connectivity index (χ2n) is 8.48. The number of likely N-dealkylation sites (tertiary alicyclic amines) is 1. The molecule has 4 rings (SSSR count). The number of ether oxygens (including phenoxy) is 2. The number of nitrogens with zero attached hydrogens (tertiary/aromatic N) is 2. The average molecular weight is 402 g/mol. The van der Waals surface area contributed by atoms with Gasteiger partial charge in [0.15, 0.2) is 0 Å². The lowest BCUT2D eigenvalue weighted by Crippen LogP contribution is -2.43. The predicted molar refractivity (Wildman–Crippen MR) is 109 cm³/mol. The number of carbonyl (C=O) groups is 2. The number of hydrogen-bond donors (Lipinski definition) is 1. The molecule has 1 N–H and O–H groups in total. The second-order valence-corrected chi connectivity index (χ2v) is 8.48. The number of carbonyl (C=O) groups excluding carboxylic acids is 2. The van der Waals surface area contributed by atoms with Gasteiger partial charge in [-0.25, -0.2) is 0 Å². The molecule has 1 spiro atoms. The van der Waals surface area contributed by atoms with E-state index in [1.54, 1.807) is 7.11 Å². The second kappa shape index (κ2) is 8.71. The Balaban J connectivity index is 1.22. The van der Waals surface area contributed by atoms with Gasteiger partial charge in [-0.15, -0.1) is 0 Å². The van der Waals surface area contributed by atoms with Gasteiger partial charge in [-0.1, -0.05) is 18.2 Å². The van der Waals surface area contributed by atoms with Crippen LogP contribution in [0.3, 0.4) is 0 Å². The van der Waals surface area contributed by atoms with Crippen molar-refractivity contribution in [3.05, 3.63) is 29.8 Å². The smallest absolute Gasteiger partial charge is 0.234 e. The molecule has 29 heavy (non-hydrogen) atoms. The first kappa shape index (κ1) is 20.2. The fourth-order valence-corrected chi connectivity index (χ4v) is 4.61. The normalized spacial score (nSPS) is 23.1. The summed E-state index contributed by atoms with van der Waals surface area (Å²) in [6.45, 7) is 4.53. The van der Waals surface area contributed by atoms with Crippen molar-refractivity contribution in [3.8, 4) is 5.75 Å². The highest BCUT2D eigenvalue weighted by molar-refractivity contribution is 5.79. The van der Waals surface area contributed by atoms with E-state index >= 15 is 0 Å². The molecule has 1 aromatic rings. The molecular formula is C22H31N3O4.